The highest BCUT2D eigenvalue weighted by molar-refractivity contribution is 5.39. The van der Waals surface area contributed by atoms with E-state index in [1.165, 1.54) is 0 Å². The molecule has 26 heavy (non-hydrogen) atoms. The first-order chi connectivity index (χ1) is 12.8. The third kappa shape index (κ3) is 4.95. The van der Waals surface area contributed by atoms with Crippen molar-refractivity contribution in [2.45, 2.75) is 6.42 Å². The van der Waals surface area contributed by atoms with Crippen molar-refractivity contribution >= 4 is 5.82 Å². The summed E-state index contributed by atoms with van der Waals surface area (Å²) in [6, 6.07) is 15.1. The fourth-order valence-corrected chi connectivity index (χ4v) is 3.04. The summed E-state index contributed by atoms with van der Waals surface area (Å²) in [5.74, 6) is 2.13. The van der Waals surface area contributed by atoms with Crippen LogP contribution < -0.4 is 10.1 Å². The Hall–Kier alpha value is -3.09. The van der Waals surface area contributed by atoms with Gasteiger partial charge in [0.2, 0.25) is 0 Å². The number of likely N-dealkylation sites (tertiary alicyclic amines) is 1. The monoisotopic (exact) mass is 347 g/mol. The van der Waals surface area contributed by atoms with Gasteiger partial charge in [0.05, 0.1) is 17.2 Å². The Kier molecular flexibility index (Phi) is 6.03. The lowest BCUT2D eigenvalue weighted by Crippen LogP contribution is -2.27. The molecule has 2 aromatic rings. The predicted molar refractivity (Wildman–Crippen MR) is 98.6 cm³/mol. The SMILES string of the molecule is N#Cc1ccc(NCC2CCN(CCOc3cccc(C#N)c3)C2)nc1. The van der Waals surface area contributed by atoms with Gasteiger partial charge in [-0.3, -0.25) is 4.90 Å². The van der Waals surface area contributed by atoms with Crippen LogP contribution >= 0.6 is 0 Å². The lowest BCUT2D eigenvalue weighted by Gasteiger charge is -2.17. The van der Waals surface area contributed by atoms with Crippen LogP contribution in [0.3, 0.4) is 0 Å². The molecule has 1 fully saturated rings. The van der Waals surface area contributed by atoms with Gasteiger partial charge in [0.1, 0.15) is 24.2 Å². The second-order valence-corrected chi connectivity index (χ2v) is 6.37. The van der Waals surface area contributed by atoms with Crippen LogP contribution in [0.4, 0.5) is 5.82 Å². The molecule has 0 bridgehead atoms. The zero-order valence-electron chi connectivity index (χ0n) is 14.6. The predicted octanol–water partition coefficient (Wildman–Crippen LogP) is 2.64. The Morgan fingerprint density at radius 1 is 1.19 bits per heavy atom. The Morgan fingerprint density at radius 2 is 2.08 bits per heavy atom. The van der Waals surface area contributed by atoms with Crippen LogP contribution in [0.5, 0.6) is 5.75 Å². The quantitative estimate of drug-likeness (QED) is 0.829. The number of nitriles is 2. The second kappa shape index (κ2) is 8.84. The van der Waals surface area contributed by atoms with E-state index in [2.05, 4.69) is 27.3 Å². The van der Waals surface area contributed by atoms with Gasteiger partial charge in [0, 0.05) is 25.8 Å². The van der Waals surface area contributed by atoms with Crippen LogP contribution in [0.1, 0.15) is 17.5 Å². The molecule has 6 nitrogen and oxygen atoms in total. The molecule has 0 radical (unpaired) electrons. The van der Waals surface area contributed by atoms with E-state index in [0.29, 0.717) is 23.7 Å². The number of benzene rings is 1. The molecular weight excluding hydrogens is 326 g/mol. The summed E-state index contributed by atoms with van der Waals surface area (Å²) in [6.07, 6.45) is 2.73. The molecule has 0 saturated carbocycles. The van der Waals surface area contributed by atoms with Crippen LogP contribution in [0, 0.1) is 28.6 Å². The minimum atomic E-state index is 0.572. The number of ether oxygens (including phenoxy) is 1. The number of rotatable bonds is 7. The summed E-state index contributed by atoms with van der Waals surface area (Å²) in [5, 5.41) is 21.0. The van der Waals surface area contributed by atoms with Crippen molar-refractivity contribution in [2.24, 2.45) is 5.92 Å². The summed E-state index contributed by atoms with van der Waals surface area (Å²) in [7, 11) is 0. The molecule has 1 unspecified atom stereocenters. The molecule has 0 aliphatic carbocycles. The van der Waals surface area contributed by atoms with E-state index < -0.39 is 0 Å². The van der Waals surface area contributed by atoms with Crippen LogP contribution in [0.2, 0.25) is 0 Å². The van der Waals surface area contributed by atoms with Crippen LogP contribution in [0.25, 0.3) is 0 Å². The summed E-state index contributed by atoms with van der Waals surface area (Å²) < 4.78 is 5.75. The van der Waals surface area contributed by atoms with Crippen LogP contribution in [-0.2, 0) is 0 Å². The van der Waals surface area contributed by atoms with Crippen molar-refractivity contribution in [3.8, 4) is 17.9 Å². The number of nitrogens with zero attached hydrogens (tertiary/aromatic N) is 4. The molecule has 1 saturated heterocycles. The topological polar surface area (TPSA) is 85.0 Å². The fourth-order valence-electron chi connectivity index (χ4n) is 3.04. The van der Waals surface area contributed by atoms with Crippen molar-refractivity contribution in [1.29, 1.82) is 10.5 Å². The lowest BCUT2D eigenvalue weighted by molar-refractivity contribution is 0.233. The average Bonchev–Trinajstić information content (AvgIpc) is 3.15. The summed E-state index contributed by atoms with van der Waals surface area (Å²) in [5.41, 5.74) is 1.19. The molecule has 0 amide bonds. The van der Waals surface area contributed by atoms with Gasteiger partial charge in [-0.05, 0) is 49.2 Å². The maximum absolute atomic E-state index is 8.91. The highest BCUT2D eigenvalue weighted by Gasteiger charge is 2.22. The van der Waals surface area contributed by atoms with E-state index >= 15 is 0 Å². The summed E-state index contributed by atoms with van der Waals surface area (Å²) in [4.78, 5) is 6.63. The number of hydrogen-bond acceptors (Lipinski definition) is 6. The third-order valence-corrected chi connectivity index (χ3v) is 4.47. The molecule has 6 heteroatoms. The van der Waals surface area contributed by atoms with E-state index in [1.54, 1.807) is 24.4 Å². The van der Waals surface area contributed by atoms with Gasteiger partial charge in [-0.15, -0.1) is 0 Å². The van der Waals surface area contributed by atoms with Gasteiger partial charge in [0.15, 0.2) is 0 Å². The molecule has 1 N–H and O–H groups in total. The molecule has 1 aromatic heterocycles. The van der Waals surface area contributed by atoms with E-state index in [4.69, 9.17) is 15.3 Å². The van der Waals surface area contributed by atoms with Crippen molar-refractivity contribution in [2.75, 3.05) is 38.1 Å². The summed E-state index contributed by atoms with van der Waals surface area (Å²) >= 11 is 0. The van der Waals surface area contributed by atoms with Gasteiger partial charge in [0.25, 0.3) is 0 Å². The zero-order chi connectivity index (χ0) is 18.2. The normalized spacial score (nSPS) is 16.6. The van der Waals surface area contributed by atoms with Gasteiger partial charge in [-0.25, -0.2) is 4.98 Å². The first kappa shape index (κ1) is 17.7. The summed E-state index contributed by atoms with van der Waals surface area (Å²) in [6.45, 7) is 4.47. The Labute approximate surface area is 153 Å². The fraction of sp³-hybridized carbons (Fsp3) is 0.350. The smallest absolute Gasteiger partial charge is 0.125 e. The van der Waals surface area contributed by atoms with Crippen molar-refractivity contribution in [3.63, 3.8) is 0 Å². The van der Waals surface area contributed by atoms with E-state index in [1.807, 2.05) is 18.2 Å². The Morgan fingerprint density at radius 3 is 2.85 bits per heavy atom. The van der Waals surface area contributed by atoms with Gasteiger partial charge >= 0.3 is 0 Å². The highest BCUT2D eigenvalue weighted by Crippen LogP contribution is 2.17. The molecule has 1 atom stereocenters. The van der Waals surface area contributed by atoms with E-state index in [-0.39, 0.29) is 0 Å². The van der Waals surface area contributed by atoms with Crippen LogP contribution in [0.15, 0.2) is 42.6 Å². The first-order valence-electron chi connectivity index (χ1n) is 8.72. The largest absolute Gasteiger partial charge is 0.492 e. The number of aromatic nitrogens is 1. The lowest BCUT2D eigenvalue weighted by atomic mass is 10.1. The van der Waals surface area contributed by atoms with Crippen molar-refractivity contribution in [1.82, 2.24) is 9.88 Å². The second-order valence-electron chi connectivity index (χ2n) is 6.37. The molecule has 1 aliphatic heterocycles. The highest BCUT2D eigenvalue weighted by atomic mass is 16.5. The molecule has 1 aliphatic rings. The molecule has 1 aromatic carbocycles. The molecule has 2 heterocycles. The number of nitrogens with one attached hydrogen (secondary N) is 1. The van der Waals surface area contributed by atoms with Crippen LogP contribution in [-0.4, -0.2) is 42.7 Å². The maximum atomic E-state index is 8.91. The minimum absolute atomic E-state index is 0.572. The molecule has 3 rings (SSSR count). The average molecular weight is 347 g/mol. The van der Waals surface area contributed by atoms with Gasteiger partial charge < -0.3 is 10.1 Å². The minimum Gasteiger partial charge on any atom is -0.492 e. The van der Waals surface area contributed by atoms with Crippen molar-refractivity contribution < 1.29 is 4.74 Å². The third-order valence-electron chi connectivity index (χ3n) is 4.47. The Balaban J connectivity index is 1.37. The van der Waals surface area contributed by atoms with E-state index in [9.17, 15) is 0 Å². The number of hydrogen-bond donors (Lipinski definition) is 1. The molecule has 132 valence electrons. The standard InChI is InChI=1S/C20H21N5O/c21-11-16-2-1-3-19(10-16)26-9-8-25-7-6-18(15-25)14-24-20-5-4-17(12-22)13-23-20/h1-5,10,13,18H,6-9,14-15H2,(H,23,24). The van der Waals surface area contributed by atoms with Gasteiger partial charge in [-0.2, -0.15) is 10.5 Å². The van der Waals surface area contributed by atoms with Crippen molar-refractivity contribution in [3.05, 3.63) is 53.7 Å². The Bertz CT molecular complexity index is 806. The molecular formula is C20H21N5O. The molecule has 0 spiro atoms. The first-order valence-corrected chi connectivity index (χ1v) is 8.72. The number of anilines is 1. The maximum Gasteiger partial charge on any atom is 0.125 e. The number of pyridine rings is 1. The van der Waals surface area contributed by atoms with E-state index in [0.717, 1.165) is 44.2 Å². The van der Waals surface area contributed by atoms with Gasteiger partial charge in [-0.1, -0.05) is 6.07 Å². The zero-order valence-corrected chi connectivity index (χ0v) is 14.6.